The number of aryl methyl sites for hydroxylation is 1. The molecule has 0 unspecified atom stereocenters. The van der Waals surface area contributed by atoms with Crippen LogP contribution >= 0.6 is 0 Å². The normalized spacial score (nSPS) is 10.3. The molecule has 0 heterocycles. The maximum atomic E-state index is 5.84. The van der Waals surface area contributed by atoms with Crippen LogP contribution < -0.4 is 14.2 Å². The molecule has 128 valence electrons. The number of rotatable bonds is 9. The monoisotopic (exact) mass is 326 g/mol. The second-order valence-electron chi connectivity index (χ2n) is 5.73. The standard InChI is InChI=1S/C21H26O3/c1-5-8-18-11-12-20(21(15-18)22-4)24-14-7-13-23-19-10-6-9-16(2)17(19)3/h5-6,9-12,15H,1,7-8,13-14H2,2-4H3. The van der Waals surface area contributed by atoms with Gasteiger partial charge in [0, 0.05) is 6.42 Å². The molecule has 0 N–H and O–H groups in total. The van der Waals surface area contributed by atoms with Crippen molar-refractivity contribution < 1.29 is 14.2 Å². The Morgan fingerprint density at radius 3 is 2.42 bits per heavy atom. The molecule has 24 heavy (non-hydrogen) atoms. The fourth-order valence-electron chi connectivity index (χ4n) is 2.43. The Morgan fingerprint density at radius 2 is 1.71 bits per heavy atom. The molecule has 2 aromatic carbocycles. The summed E-state index contributed by atoms with van der Waals surface area (Å²) in [4.78, 5) is 0. The second kappa shape index (κ2) is 9.02. The van der Waals surface area contributed by atoms with E-state index in [4.69, 9.17) is 14.2 Å². The number of hydrogen-bond donors (Lipinski definition) is 0. The fraction of sp³-hybridized carbons (Fsp3) is 0.333. The van der Waals surface area contributed by atoms with Crippen LogP contribution in [0.4, 0.5) is 0 Å². The van der Waals surface area contributed by atoms with E-state index in [0.717, 1.165) is 35.7 Å². The second-order valence-corrected chi connectivity index (χ2v) is 5.73. The highest BCUT2D eigenvalue weighted by atomic mass is 16.5. The van der Waals surface area contributed by atoms with Gasteiger partial charge in [-0.25, -0.2) is 0 Å². The number of methoxy groups -OCH3 is 1. The van der Waals surface area contributed by atoms with E-state index in [1.54, 1.807) is 7.11 Å². The highest BCUT2D eigenvalue weighted by Crippen LogP contribution is 2.28. The van der Waals surface area contributed by atoms with Gasteiger partial charge in [0.1, 0.15) is 5.75 Å². The predicted molar refractivity (Wildman–Crippen MR) is 98.4 cm³/mol. The van der Waals surface area contributed by atoms with Gasteiger partial charge in [-0.2, -0.15) is 0 Å². The summed E-state index contributed by atoms with van der Waals surface area (Å²) in [6.45, 7) is 9.14. The summed E-state index contributed by atoms with van der Waals surface area (Å²) in [6.07, 6.45) is 3.51. The van der Waals surface area contributed by atoms with Gasteiger partial charge < -0.3 is 14.2 Å². The molecule has 3 heteroatoms. The van der Waals surface area contributed by atoms with Crippen LogP contribution in [0, 0.1) is 13.8 Å². The van der Waals surface area contributed by atoms with Crippen molar-refractivity contribution in [1.82, 2.24) is 0 Å². The Labute approximate surface area is 144 Å². The molecule has 0 amide bonds. The number of allylic oxidation sites excluding steroid dienone is 1. The van der Waals surface area contributed by atoms with Gasteiger partial charge in [-0.15, -0.1) is 6.58 Å². The van der Waals surface area contributed by atoms with Gasteiger partial charge >= 0.3 is 0 Å². The third-order valence-electron chi connectivity index (χ3n) is 3.97. The summed E-state index contributed by atoms with van der Waals surface area (Å²) in [5.74, 6) is 2.46. The SMILES string of the molecule is C=CCc1ccc(OCCCOc2cccc(C)c2C)c(OC)c1. The van der Waals surface area contributed by atoms with E-state index < -0.39 is 0 Å². The van der Waals surface area contributed by atoms with Gasteiger partial charge in [-0.05, 0) is 55.2 Å². The highest BCUT2D eigenvalue weighted by molar-refractivity contribution is 5.43. The van der Waals surface area contributed by atoms with Crippen LogP contribution in [0.3, 0.4) is 0 Å². The van der Waals surface area contributed by atoms with E-state index in [1.165, 1.54) is 11.1 Å². The maximum Gasteiger partial charge on any atom is 0.161 e. The summed E-state index contributed by atoms with van der Waals surface area (Å²) in [5.41, 5.74) is 3.60. The van der Waals surface area contributed by atoms with Crippen LogP contribution in [0.5, 0.6) is 17.2 Å². The lowest BCUT2D eigenvalue weighted by Crippen LogP contribution is -2.06. The molecule has 2 rings (SSSR count). The molecule has 0 saturated heterocycles. The Morgan fingerprint density at radius 1 is 0.958 bits per heavy atom. The molecule has 0 bridgehead atoms. The van der Waals surface area contributed by atoms with Gasteiger partial charge in [0.15, 0.2) is 11.5 Å². The smallest absolute Gasteiger partial charge is 0.161 e. The third kappa shape index (κ3) is 4.79. The van der Waals surface area contributed by atoms with Crippen LogP contribution in [0.2, 0.25) is 0 Å². The van der Waals surface area contributed by atoms with Crippen molar-refractivity contribution in [2.24, 2.45) is 0 Å². The van der Waals surface area contributed by atoms with Crippen LogP contribution in [-0.4, -0.2) is 20.3 Å². The molecular formula is C21H26O3. The molecule has 0 fully saturated rings. The van der Waals surface area contributed by atoms with Crippen molar-refractivity contribution >= 4 is 0 Å². The zero-order valence-corrected chi connectivity index (χ0v) is 14.8. The zero-order chi connectivity index (χ0) is 17.4. The van der Waals surface area contributed by atoms with Crippen molar-refractivity contribution in [3.8, 4) is 17.2 Å². The van der Waals surface area contributed by atoms with Crippen molar-refractivity contribution in [2.45, 2.75) is 26.7 Å². The van der Waals surface area contributed by atoms with Gasteiger partial charge in [-0.3, -0.25) is 0 Å². The summed E-state index contributed by atoms with van der Waals surface area (Å²) in [5, 5.41) is 0. The number of ether oxygens (including phenoxy) is 3. The van der Waals surface area contributed by atoms with E-state index in [0.29, 0.717) is 13.2 Å². The van der Waals surface area contributed by atoms with Crippen molar-refractivity contribution in [2.75, 3.05) is 20.3 Å². The predicted octanol–water partition coefficient (Wildman–Crippen LogP) is 4.89. The lowest BCUT2D eigenvalue weighted by molar-refractivity contribution is 0.239. The number of benzene rings is 2. The molecule has 0 aromatic heterocycles. The summed E-state index contributed by atoms with van der Waals surface area (Å²) >= 11 is 0. The molecule has 0 atom stereocenters. The first-order chi connectivity index (χ1) is 11.7. The van der Waals surface area contributed by atoms with E-state index in [2.05, 4.69) is 26.5 Å². The molecule has 3 nitrogen and oxygen atoms in total. The summed E-state index contributed by atoms with van der Waals surface area (Å²) < 4.78 is 17.1. The molecular weight excluding hydrogens is 300 g/mol. The van der Waals surface area contributed by atoms with Crippen LogP contribution in [-0.2, 0) is 6.42 Å². The van der Waals surface area contributed by atoms with Crippen molar-refractivity contribution in [1.29, 1.82) is 0 Å². The molecule has 0 spiro atoms. The Hall–Kier alpha value is -2.42. The van der Waals surface area contributed by atoms with Crippen LogP contribution in [0.25, 0.3) is 0 Å². The highest BCUT2D eigenvalue weighted by Gasteiger charge is 2.06. The minimum atomic E-state index is 0.585. The van der Waals surface area contributed by atoms with Crippen LogP contribution in [0.1, 0.15) is 23.1 Å². The van der Waals surface area contributed by atoms with Gasteiger partial charge in [0.05, 0.1) is 20.3 Å². The Kier molecular flexibility index (Phi) is 6.74. The molecule has 0 aliphatic heterocycles. The zero-order valence-electron chi connectivity index (χ0n) is 14.8. The molecule has 0 saturated carbocycles. The van der Waals surface area contributed by atoms with Gasteiger partial charge in [0.2, 0.25) is 0 Å². The average molecular weight is 326 g/mol. The largest absolute Gasteiger partial charge is 0.493 e. The molecule has 0 aliphatic carbocycles. The first-order valence-electron chi connectivity index (χ1n) is 8.25. The maximum absolute atomic E-state index is 5.84. The Balaban J connectivity index is 1.82. The molecule has 0 aliphatic rings. The molecule has 0 radical (unpaired) electrons. The van der Waals surface area contributed by atoms with Gasteiger partial charge in [-0.1, -0.05) is 24.3 Å². The first-order valence-corrected chi connectivity index (χ1v) is 8.25. The fourth-order valence-corrected chi connectivity index (χ4v) is 2.43. The topological polar surface area (TPSA) is 27.7 Å². The van der Waals surface area contributed by atoms with Crippen molar-refractivity contribution in [3.63, 3.8) is 0 Å². The minimum absolute atomic E-state index is 0.585. The quantitative estimate of drug-likeness (QED) is 0.485. The van der Waals surface area contributed by atoms with E-state index >= 15 is 0 Å². The minimum Gasteiger partial charge on any atom is -0.493 e. The van der Waals surface area contributed by atoms with E-state index in [-0.39, 0.29) is 0 Å². The number of hydrogen-bond acceptors (Lipinski definition) is 3. The molecule has 2 aromatic rings. The summed E-state index contributed by atoms with van der Waals surface area (Å²) in [6, 6.07) is 12.1. The first kappa shape index (κ1) is 17.9. The Bertz CT molecular complexity index is 677. The lowest BCUT2D eigenvalue weighted by atomic mass is 10.1. The van der Waals surface area contributed by atoms with Crippen molar-refractivity contribution in [3.05, 3.63) is 65.7 Å². The third-order valence-corrected chi connectivity index (χ3v) is 3.97. The average Bonchev–Trinajstić information content (AvgIpc) is 2.59. The lowest BCUT2D eigenvalue weighted by Gasteiger charge is -2.13. The van der Waals surface area contributed by atoms with E-state index in [1.807, 2.05) is 36.4 Å². The van der Waals surface area contributed by atoms with Gasteiger partial charge in [0.25, 0.3) is 0 Å². The summed E-state index contributed by atoms with van der Waals surface area (Å²) in [7, 11) is 1.66. The van der Waals surface area contributed by atoms with Crippen LogP contribution in [0.15, 0.2) is 49.1 Å². The van der Waals surface area contributed by atoms with E-state index in [9.17, 15) is 0 Å².